The van der Waals surface area contributed by atoms with Gasteiger partial charge in [0.05, 0.1) is 0 Å². The molecule has 0 unspecified atom stereocenters. The maximum absolute atomic E-state index is 9.80. The zero-order valence-electron chi connectivity index (χ0n) is 17.4. The van der Waals surface area contributed by atoms with Crippen LogP contribution in [0.1, 0.15) is 30.0 Å². The quantitative estimate of drug-likeness (QED) is 0.503. The van der Waals surface area contributed by atoms with Gasteiger partial charge in [0.25, 0.3) is 0 Å². The molecule has 150 valence electrons. The molecule has 0 heterocycles. The Labute approximate surface area is 173 Å². The highest BCUT2D eigenvalue weighted by atomic mass is 16.5. The zero-order valence-corrected chi connectivity index (χ0v) is 17.4. The van der Waals surface area contributed by atoms with Crippen molar-refractivity contribution in [3.8, 4) is 11.5 Å². The lowest BCUT2D eigenvalue weighted by molar-refractivity contribution is 0.261. The van der Waals surface area contributed by atoms with Crippen LogP contribution in [0, 0.1) is 0 Å². The molecule has 0 aliphatic carbocycles. The number of aromatic hydroxyl groups is 1. The van der Waals surface area contributed by atoms with Gasteiger partial charge in [-0.1, -0.05) is 67.6 Å². The molecular formula is C26H29NO2. The van der Waals surface area contributed by atoms with Gasteiger partial charge in [-0.15, -0.1) is 0 Å². The van der Waals surface area contributed by atoms with Crippen LogP contribution in [-0.4, -0.2) is 37.3 Å². The number of rotatable bonds is 8. The van der Waals surface area contributed by atoms with E-state index in [-0.39, 0.29) is 5.75 Å². The molecule has 0 bridgehead atoms. The van der Waals surface area contributed by atoms with Crippen LogP contribution in [0.25, 0.3) is 11.1 Å². The maximum Gasteiger partial charge on any atom is 0.127 e. The van der Waals surface area contributed by atoms with Crippen molar-refractivity contribution < 1.29 is 9.84 Å². The fraction of sp³-hybridized carbons (Fsp3) is 0.231. The van der Waals surface area contributed by atoms with Gasteiger partial charge < -0.3 is 14.7 Å². The molecule has 3 nitrogen and oxygen atoms in total. The zero-order chi connectivity index (χ0) is 20.6. The molecule has 3 heteroatoms. The van der Waals surface area contributed by atoms with Crippen molar-refractivity contribution in [2.45, 2.75) is 13.3 Å². The summed E-state index contributed by atoms with van der Waals surface area (Å²) in [6.45, 7) is 3.66. The molecule has 3 rings (SSSR count). The van der Waals surface area contributed by atoms with Crippen LogP contribution in [0.15, 0.2) is 78.9 Å². The van der Waals surface area contributed by atoms with E-state index in [0.717, 1.165) is 35.4 Å². The number of phenolic OH excluding ortho intramolecular Hbond substituents is 1. The van der Waals surface area contributed by atoms with E-state index < -0.39 is 0 Å². The summed E-state index contributed by atoms with van der Waals surface area (Å²) in [7, 11) is 4.09. The summed E-state index contributed by atoms with van der Waals surface area (Å²) in [6.07, 6.45) is 0.881. The molecule has 3 aromatic carbocycles. The van der Waals surface area contributed by atoms with Crippen molar-refractivity contribution in [3.05, 3.63) is 95.6 Å². The van der Waals surface area contributed by atoms with Crippen LogP contribution in [-0.2, 0) is 0 Å². The predicted molar refractivity (Wildman–Crippen MR) is 121 cm³/mol. The topological polar surface area (TPSA) is 32.7 Å². The Balaban J connectivity index is 2.17. The lowest BCUT2D eigenvalue weighted by Crippen LogP contribution is -2.19. The summed E-state index contributed by atoms with van der Waals surface area (Å²) >= 11 is 0. The predicted octanol–water partition coefficient (Wildman–Crippen LogP) is 5.70. The standard InChI is InChI=1S/C26H29NO2/c1-4-23(20-10-6-5-7-11-20)26(21-14-16-22(28)17-15-21)24-12-8-9-13-25(24)29-19-18-27(2)3/h5-17,28H,4,18-19H2,1-3H3. The highest BCUT2D eigenvalue weighted by Crippen LogP contribution is 2.38. The number of benzene rings is 3. The largest absolute Gasteiger partial charge is 0.508 e. The molecule has 0 saturated heterocycles. The van der Waals surface area contributed by atoms with E-state index in [1.807, 2.05) is 50.5 Å². The Morgan fingerprint density at radius 2 is 1.48 bits per heavy atom. The van der Waals surface area contributed by atoms with Crippen molar-refractivity contribution in [1.82, 2.24) is 4.90 Å². The van der Waals surface area contributed by atoms with Gasteiger partial charge in [-0.05, 0) is 61.0 Å². The highest BCUT2D eigenvalue weighted by molar-refractivity contribution is 6.00. The number of phenols is 1. The molecule has 29 heavy (non-hydrogen) atoms. The van der Waals surface area contributed by atoms with E-state index in [9.17, 15) is 5.11 Å². The maximum atomic E-state index is 9.80. The van der Waals surface area contributed by atoms with Gasteiger partial charge in [0.1, 0.15) is 18.1 Å². The third kappa shape index (κ3) is 5.27. The second kappa shape index (κ2) is 9.94. The van der Waals surface area contributed by atoms with Crippen LogP contribution < -0.4 is 4.74 Å². The lowest BCUT2D eigenvalue weighted by atomic mass is 9.88. The summed E-state index contributed by atoms with van der Waals surface area (Å²) in [5.74, 6) is 1.14. The third-order valence-electron chi connectivity index (χ3n) is 4.89. The Kier molecular flexibility index (Phi) is 7.09. The summed E-state index contributed by atoms with van der Waals surface area (Å²) in [5.41, 5.74) is 5.71. The van der Waals surface area contributed by atoms with Gasteiger partial charge >= 0.3 is 0 Å². The second-order valence-corrected chi connectivity index (χ2v) is 7.27. The molecule has 0 amide bonds. The molecule has 0 aliphatic heterocycles. The molecule has 0 aliphatic rings. The van der Waals surface area contributed by atoms with Crippen LogP contribution in [0.3, 0.4) is 0 Å². The van der Waals surface area contributed by atoms with Crippen LogP contribution >= 0.6 is 0 Å². The van der Waals surface area contributed by atoms with Crippen molar-refractivity contribution >= 4 is 11.1 Å². The fourth-order valence-electron chi connectivity index (χ4n) is 3.42. The molecule has 3 aromatic rings. The lowest BCUT2D eigenvalue weighted by Gasteiger charge is -2.20. The van der Waals surface area contributed by atoms with Crippen molar-refractivity contribution in [2.24, 2.45) is 0 Å². The van der Waals surface area contributed by atoms with Crippen molar-refractivity contribution in [2.75, 3.05) is 27.2 Å². The summed E-state index contributed by atoms with van der Waals surface area (Å²) in [6, 6.07) is 26.1. The van der Waals surface area contributed by atoms with E-state index >= 15 is 0 Å². The Morgan fingerprint density at radius 3 is 2.14 bits per heavy atom. The summed E-state index contributed by atoms with van der Waals surface area (Å²) in [5, 5.41) is 9.80. The summed E-state index contributed by atoms with van der Waals surface area (Å²) in [4.78, 5) is 2.11. The molecular weight excluding hydrogens is 358 g/mol. The van der Waals surface area contributed by atoms with Gasteiger partial charge in [-0.2, -0.15) is 0 Å². The van der Waals surface area contributed by atoms with E-state index in [2.05, 4.69) is 42.2 Å². The normalized spacial score (nSPS) is 12.0. The SMILES string of the molecule is CCC(=C(c1ccc(O)cc1)c1ccccc1OCCN(C)C)c1ccccc1. The number of nitrogens with zero attached hydrogens (tertiary/aromatic N) is 1. The Hall–Kier alpha value is -3.04. The third-order valence-corrected chi connectivity index (χ3v) is 4.89. The average molecular weight is 388 g/mol. The van der Waals surface area contributed by atoms with E-state index in [0.29, 0.717) is 6.61 Å². The highest BCUT2D eigenvalue weighted by Gasteiger charge is 2.17. The van der Waals surface area contributed by atoms with Gasteiger partial charge in [0, 0.05) is 12.1 Å². The minimum atomic E-state index is 0.265. The minimum absolute atomic E-state index is 0.265. The van der Waals surface area contributed by atoms with Crippen LogP contribution in [0.5, 0.6) is 11.5 Å². The van der Waals surface area contributed by atoms with Crippen LogP contribution in [0.4, 0.5) is 0 Å². The first-order valence-electron chi connectivity index (χ1n) is 10.0. The van der Waals surface area contributed by atoms with Gasteiger partial charge in [-0.25, -0.2) is 0 Å². The number of likely N-dealkylation sites (N-methyl/N-ethyl adjacent to an activating group) is 1. The molecule has 0 fully saturated rings. The molecule has 0 aromatic heterocycles. The number of ether oxygens (including phenoxy) is 1. The average Bonchev–Trinajstić information content (AvgIpc) is 2.74. The molecule has 0 atom stereocenters. The Bertz CT molecular complexity index is 944. The van der Waals surface area contributed by atoms with E-state index in [1.165, 1.54) is 11.1 Å². The molecule has 1 N–H and O–H groups in total. The van der Waals surface area contributed by atoms with Crippen molar-refractivity contribution in [3.63, 3.8) is 0 Å². The second-order valence-electron chi connectivity index (χ2n) is 7.27. The molecule has 0 radical (unpaired) electrons. The first-order chi connectivity index (χ1) is 14.1. The Morgan fingerprint density at radius 1 is 0.828 bits per heavy atom. The first kappa shape index (κ1) is 20.7. The smallest absolute Gasteiger partial charge is 0.127 e. The van der Waals surface area contributed by atoms with Crippen molar-refractivity contribution in [1.29, 1.82) is 0 Å². The monoisotopic (exact) mass is 387 g/mol. The van der Waals surface area contributed by atoms with E-state index in [4.69, 9.17) is 4.74 Å². The fourth-order valence-corrected chi connectivity index (χ4v) is 3.42. The van der Waals surface area contributed by atoms with E-state index in [1.54, 1.807) is 12.1 Å². The minimum Gasteiger partial charge on any atom is -0.508 e. The number of hydrogen-bond acceptors (Lipinski definition) is 3. The number of hydrogen-bond donors (Lipinski definition) is 1. The number of para-hydroxylation sites is 1. The molecule has 0 spiro atoms. The van der Waals surface area contributed by atoms with Crippen LogP contribution in [0.2, 0.25) is 0 Å². The molecule has 0 saturated carbocycles. The number of allylic oxidation sites excluding steroid dienone is 1. The van der Waals surface area contributed by atoms with Gasteiger partial charge in [0.15, 0.2) is 0 Å². The first-order valence-corrected chi connectivity index (χ1v) is 10.0. The van der Waals surface area contributed by atoms with Gasteiger partial charge in [-0.3, -0.25) is 0 Å². The summed E-state index contributed by atoms with van der Waals surface area (Å²) < 4.78 is 6.18. The van der Waals surface area contributed by atoms with Gasteiger partial charge in [0.2, 0.25) is 0 Å².